The van der Waals surface area contributed by atoms with Gasteiger partial charge in [0.25, 0.3) is 5.91 Å². The summed E-state index contributed by atoms with van der Waals surface area (Å²) in [5.41, 5.74) is 2.66. The van der Waals surface area contributed by atoms with E-state index in [1.165, 1.54) is 0 Å². The molecule has 0 spiro atoms. The van der Waals surface area contributed by atoms with Crippen LogP contribution >= 0.6 is 0 Å². The Morgan fingerprint density at radius 3 is 2.65 bits per heavy atom. The van der Waals surface area contributed by atoms with E-state index in [0.29, 0.717) is 18.5 Å². The Morgan fingerprint density at radius 1 is 1.35 bits per heavy atom. The number of hydrogen-bond acceptors (Lipinski definition) is 5. The molecule has 0 aliphatic carbocycles. The smallest absolute Gasteiger partial charge is 0.251 e. The van der Waals surface area contributed by atoms with Crippen LogP contribution in [0.15, 0.2) is 29.4 Å². The van der Waals surface area contributed by atoms with E-state index in [2.05, 4.69) is 10.4 Å². The van der Waals surface area contributed by atoms with E-state index >= 15 is 0 Å². The molecular formula is C16H21N3O3S. The van der Waals surface area contributed by atoms with E-state index in [4.69, 9.17) is 0 Å². The Morgan fingerprint density at radius 2 is 2.09 bits per heavy atom. The maximum atomic E-state index is 12.1. The fraction of sp³-hybridized carbons (Fsp3) is 0.500. The molecule has 7 heteroatoms. The summed E-state index contributed by atoms with van der Waals surface area (Å²) in [4.78, 5) is 12.1. The number of nitrogens with one attached hydrogen (secondary N) is 1. The molecule has 6 nitrogen and oxygen atoms in total. The largest absolute Gasteiger partial charge is 0.352 e. The lowest BCUT2D eigenvalue weighted by Crippen LogP contribution is -2.29. The second kappa shape index (κ2) is 6.31. The van der Waals surface area contributed by atoms with Crippen molar-refractivity contribution in [3.8, 4) is 0 Å². The number of hydrogen-bond donors (Lipinski definition) is 1. The molecule has 1 unspecified atom stereocenters. The molecule has 0 aromatic heterocycles. The van der Waals surface area contributed by atoms with Crippen LogP contribution in [0.4, 0.5) is 5.69 Å². The molecule has 1 aromatic rings. The number of anilines is 1. The highest BCUT2D eigenvalue weighted by molar-refractivity contribution is 7.91. The van der Waals surface area contributed by atoms with Crippen LogP contribution in [-0.4, -0.2) is 44.6 Å². The van der Waals surface area contributed by atoms with Gasteiger partial charge in [-0.1, -0.05) is 0 Å². The number of rotatable bonds is 4. The number of amides is 1. The first-order valence-corrected chi connectivity index (χ1v) is 9.65. The van der Waals surface area contributed by atoms with Gasteiger partial charge in [0.05, 0.1) is 17.2 Å². The zero-order valence-corrected chi connectivity index (χ0v) is 14.0. The van der Waals surface area contributed by atoms with Crippen LogP contribution in [0, 0.1) is 5.92 Å². The SMILES string of the molecule is CC1=NN(c2ccc(C(=O)NCC3CCS(=O)(=O)C3)cc2)CC1. The fourth-order valence-corrected chi connectivity index (χ4v) is 4.78. The molecule has 1 aromatic carbocycles. The third-order valence-corrected chi connectivity index (χ3v) is 6.12. The Labute approximate surface area is 136 Å². The summed E-state index contributed by atoms with van der Waals surface area (Å²) >= 11 is 0. The van der Waals surface area contributed by atoms with Crippen LogP contribution in [-0.2, 0) is 9.84 Å². The van der Waals surface area contributed by atoms with Crippen molar-refractivity contribution in [2.24, 2.45) is 11.0 Å². The van der Waals surface area contributed by atoms with Gasteiger partial charge in [-0.25, -0.2) is 8.42 Å². The van der Waals surface area contributed by atoms with E-state index < -0.39 is 9.84 Å². The fourth-order valence-electron chi connectivity index (χ4n) is 2.92. The van der Waals surface area contributed by atoms with E-state index in [9.17, 15) is 13.2 Å². The molecule has 1 amide bonds. The van der Waals surface area contributed by atoms with Crippen molar-refractivity contribution in [1.82, 2.24) is 5.32 Å². The van der Waals surface area contributed by atoms with Crippen molar-refractivity contribution < 1.29 is 13.2 Å². The van der Waals surface area contributed by atoms with Crippen LogP contribution in [0.25, 0.3) is 0 Å². The minimum atomic E-state index is -2.90. The summed E-state index contributed by atoms with van der Waals surface area (Å²) in [6.45, 7) is 3.29. The number of nitrogens with zero attached hydrogens (tertiary/aromatic N) is 2. The van der Waals surface area contributed by atoms with Crippen LogP contribution < -0.4 is 10.3 Å². The first-order chi connectivity index (χ1) is 10.9. The Kier molecular flexibility index (Phi) is 4.39. The van der Waals surface area contributed by atoms with Crippen molar-refractivity contribution in [2.75, 3.05) is 29.6 Å². The maximum absolute atomic E-state index is 12.1. The Balaban J connectivity index is 1.56. The Bertz CT molecular complexity index is 725. The summed E-state index contributed by atoms with van der Waals surface area (Å²) in [5.74, 6) is 0.281. The summed E-state index contributed by atoms with van der Waals surface area (Å²) in [6.07, 6.45) is 1.60. The van der Waals surface area contributed by atoms with Crippen molar-refractivity contribution >= 4 is 27.1 Å². The summed E-state index contributed by atoms with van der Waals surface area (Å²) < 4.78 is 22.8. The maximum Gasteiger partial charge on any atom is 0.251 e. The number of hydrazone groups is 1. The molecule has 1 fully saturated rings. The van der Waals surface area contributed by atoms with Crippen molar-refractivity contribution in [3.05, 3.63) is 29.8 Å². The average Bonchev–Trinajstić information content (AvgIpc) is 3.10. The number of sulfone groups is 1. The van der Waals surface area contributed by atoms with Gasteiger partial charge in [0.15, 0.2) is 9.84 Å². The lowest BCUT2D eigenvalue weighted by molar-refractivity contribution is 0.0948. The molecule has 1 saturated heterocycles. The van der Waals surface area contributed by atoms with Gasteiger partial charge in [-0.2, -0.15) is 5.10 Å². The molecule has 124 valence electrons. The normalized spacial score (nSPS) is 22.9. The minimum Gasteiger partial charge on any atom is -0.352 e. The molecule has 2 aliphatic rings. The van der Waals surface area contributed by atoms with Gasteiger partial charge < -0.3 is 5.32 Å². The van der Waals surface area contributed by atoms with Gasteiger partial charge in [-0.3, -0.25) is 9.80 Å². The second-order valence-corrected chi connectivity index (χ2v) is 8.46. The number of benzene rings is 1. The lowest BCUT2D eigenvalue weighted by atomic mass is 10.1. The molecule has 3 rings (SSSR count). The molecule has 1 N–H and O–H groups in total. The van der Waals surface area contributed by atoms with Crippen LogP contribution in [0.2, 0.25) is 0 Å². The molecule has 23 heavy (non-hydrogen) atoms. The highest BCUT2D eigenvalue weighted by atomic mass is 32.2. The summed E-state index contributed by atoms with van der Waals surface area (Å²) in [7, 11) is -2.90. The molecule has 2 heterocycles. The summed E-state index contributed by atoms with van der Waals surface area (Å²) in [6, 6.07) is 7.33. The zero-order chi connectivity index (χ0) is 16.4. The average molecular weight is 335 g/mol. The standard InChI is InChI=1S/C16H21N3O3S/c1-12-6-8-19(18-12)15-4-2-14(3-5-15)16(20)17-10-13-7-9-23(21,22)11-13/h2-5,13H,6-11H2,1H3,(H,17,20). The first kappa shape index (κ1) is 16.0. The molecule has 0 saturated carbocycles. The topological polar surface area (TPSA) is 78.8 Å². The van der Waals surface area contributed by atoms with Gasteiger partial charge in [-0.15, -0.1) is 0 Å². The van der Waals surface area contributed by atoms with Gasteiger partial charge in [0, 0.05) is 30.8 Å². The minimum absolute atomic E-state index is 0.0325. The third kappa shape index (κ3) is 3.90. The predicted molar refractivity (Wildman–Crippen MR) is 90.6 cm³/mol. The van der Waals surface area contributed by atoms with Crippen molar-refractivity contribution in [2.45, 2.75) is 19.8 Å². The van der Waals surface area contributed by atoms with E-state index in [-0.39, 0.29) is 23.3 Å². The highest BCUT2D eigenvalue weighted by Crippen LogP contribution is 2.20. The van der Waals surface area contributed by atoms with Gasteiger partial charge in [-0.05, 0) is 43.5 Å². The number of carbonyl (C=O) groups excluding carboxylic acids is 1. The second-order valence-electron chi connectivity index (χ2n) is 6.23. The quantitative estimate of drug-likeness (QED) is 0.903. The van der Waals surface area contributed by atoms with Crippen LogP contribution in [0.5, 0.6) is 0 Å². The van der Waals surface area contributed by atoms with E-state index in [0.717, 1.165) is 24.4 Å². The predicted octanol–water partition coefficient (Wildman–Crippen LogP) is 1.44. The van der Waals surface area contributed by atoms with Gasteiger partial charge >= 0.3 is 0 Å². The number of carbonyl (C=O) groups is 1. The first-order valence-electron chi connectivity index (χ1n) is 7.83. The van der Waals surface area contributed by atoms with Gasteiger partial charge in [0.2, 0.25) is 0 Å². The van der Waals surface area contributed by atoms with Crippen LogP contribution in [0.1, 0.15) is 30.1 Å². The molecule has 2 aliphatic heterocycles. The van der Waals surface area contributed by atoms with Crippen LogP contribution in [0.3, 0.4) is 0 Å². The monoisotopic (exact) mass is 335 g/mol. The molecule has 1 atom stereocenters. The highest BCUT2D eigenvalue weighted by Gasteiger charge is 2.28. The lowest BCUT2D eigenvalue weighted by Gasteiger charge is -2.14. The van der Waals surface area contributed by atoms with E-state index in [1.54, 1.807) is 12.1 Å². The molecule has 0 bridgehead atoms. The van der Waals surface area contributed by atoms with E-state index in [1.807, 2.05) is 24.1 Å². The molecule has 0 radical (unpaired) electrons. The summed E-state index contributed by atoms with van der Waals surface area (Å²) in [5, 5.41) is 9.19. The van der Waals surface area contributed by atoms with Crippen molar-refractivity contribution in [1.29, 1.82) is 0 Å². The third-order valence-electron chi connectivity index (χ3n) is 4.28. The Hall–Kier alpha value is -1.89. The van der Waals surface area contributed by atoms with Crippen molar-refractivity contribution in [3.63, 3.8) is 0 Å². The molecular weight excluding hydrogens is 314 g/mol. The van der Waals surface area contributed by atoms with Gasteiger partial charge in [0.1, 0.15) is 0 Å². The zero-order valence-electron chi connectivity index (χ0n) is 13.2.